The minimum absolute atomic E-state index is 0.840. The number of hydrogen-bond donors (Lipinski definition) is 0. The van der Waals surface area contributed by atoms with E-state index in [0.29, 0.717) is 0 Å². The molecule has 1 nitrogen and oxygen atoms in total. The zero-order chi connectivity index (χ0) is 9.40. The second-order valence-corrected chi connectivity index (χ2v) is 3.71. The van der Waals surface area contributed by atoms with E-state index in [9.17, 15) is 0 Å². The van der Waals surface area contributed by atoms with Crippen molar-refractivity contribution in [1.29, 1.82) is 0 Å². The molecular weight excluding hydrogens is 148 g/mol. The largest absolute Gasteiger partial charge is 0.381 e. The zero-order valence-electron chi connectivity index (χ0n) is 9.10. The maximum absolute atomic E-state index is 5.38. The minimum Gasteiger partial charge on any atom is -0.381 e. The third kappa shape index (κ3) is 5.59. The summed E-state index contributed by atoms with van der Waals surface area (Å²) in [7, 11) is 0. The van der Waals surface area contributed by atoms with Crippen LogP contribution in [-0.4, -0.2) is 13.2 Å². The van der Waals surface area contributed by atoms with Crippen LogP contribution in [0.1, 0.15) is 47.0 Å². The van der Waals surface area contributed by atoms with Gasteiger partial charge in [0.2, 0.25) is 0 Å². The van der Waals surface area contributed by atoms with Crippen LogP contribution in [0.25, 0.3) is 0 Å². The molecule has 1 fully saturated rings. The molecule has 0 aromatic rings. The Morgan fingerprint density at radius 3 is 2.42 bits per heavy atom. The molecule has 74 valence electrons. The van der Waals surface area contributed by atoms with Crippen LogP contribution in [-0.2, 0) is 4.74 Å². The van der Waals surface area contributed by atoms with Gasteiger partial charge in [-0.2, -0.15) is 0 Å². The lowest BCUT2D eigenvalue weighted by Gasteiger charge is -2.23. The predicted molar refractivity (Wildman–Crippen MR) is 54.3 cm³/mol. The van der Waals surface area contributed by atoms with Crippen LogP contribution in [0.3, 0.4) is 0 Å². The van der Waals surface area contributed by atoms with E-state index in [1.807, 2.05) is 13.8 Å². The van der Waals surface area contributed by atoms with E-state index in [1.165, 1.54) is 19.3 Å². The highest BCUT2D eigenvalue weighted by molar-refractivity contribution is 4.64. The third-order valence-corrected chi connectivity index (χ3v) is 2.06. The average molecular weight is 172 g/mol. The molecule has 0 N–H and O–H groups in total. The molecule has 0 radical (unpaired) electrons. The smallest absolute Gasteiger partial charge is 0.0494 e. The molecule has 1 rings (SSSR count). The minimum atomic E-state index is 0.840. The Morgan fingerprint density at radius 2 is 2.00 bits per heavy atom. The van der Waals surface area contributed by atoms with E-state index in [2.05, 4.69) is 13.8 Å². The Balaban J connectivity index is 0.000000561. The fourth-order valence-electron chi connectivity index (χ4n) is 1.66. The molecule has 1 heterocycles. The molecule has 12 heavy (non-hydrogen) atoms. The summed E-state index contributed by atoms with van der Waals surface area (Å²) in [6, 6.07) is 0. The molecule has 1 atom stereocenters. The SMILES string of the molecule is CC.CC(C)CC1CCCOC1. The van der Waals surface area contributed by atoms with Crippen molar-refractivity contribution in [1.82, 2.24) is 0 Å². The van der Waals surface area contributed by atoms with Crippen molar-refractivity contribution >= 4 is 0 Å². The van der Waals surface area contributed by atoms with Crippen LogP contribution in [0.5, 0.6) is 0 Å². The van der Waals surface area contributed by atoms with Gasteiger partial charge in [-0.1, -0.05) is 27.7 Å². The van der Waals surface area contributed by atoms with Gasteiger partial charge in [0.05, 0.1) is 0 Å². The Morgan fingerprint density at radius 1 is 1.33 bits per heavy atom. The second kappa shape index (κ2) is 7.60. The highest BCUT2D eigenvalue weighted by Gasteiger charge is 2.14. The van der Waals surface area contributed by atoms with Crippen molar-refractivity contribution in [2.75, 3.05) is 13.2 Å². The van der Waals surface area contributed by atoms with Crippen LogP contribution < -0.4 is 0 Å². The predicted octanol–water partition coefficient (Wildman–Crippen LogP) is 3.49. The van der Waals surface area contributed by atoms with E-state index in [0.717, 1.165) is 25.0 Å². The van der Waals surface area contributed by atoms with Crippen molar-refractivity contribution in [2.45, 2.75) is 47.0 Å². The maximum Gasteiger partial charge on any atom is 0.0494 e. The summed E-state index contributed by atoms with van der Waals surface area (Å²) in [6.07, 6.45) is 4.01. The van der Waals surface area contributed by atoms with Crippen LogP contribution in [0.4, 0.5) is 0 Å². The van der Waals surface area contributed by atoms with Crippen molar-refractivity contribution < 1.29 is 4.74 Å². The lowest BCUT2D eigenvalue weighted by molar-refractivity contribution is 0.0470. The van der Waals surface area contributed by atoms with E-state index in [4.69, 9.17) is 4.74 Å². The highest BCUT2D eigenvalue weighted by Crippen LogP contribution is 2.20. The summed E-state index contributed by atoms with van der Waals surface area (Å²) in [5, 5.41) is 0. The average Bonchev–Trinajstić information content (AvgIpc) is 2.08. The Labute approximate surface area is 77.5 Å². The molecule has 1 saturated heterocycles. The number of rotatable bonds is 2. The Bertz CT molecular complexity index is 83.0. The van der Waals surface area contributed by atoms with Crippen molar-refractivity contribution in [3.05, 3.63) is 0 Å². The van der Waals surface area contributed by atoms with Gasteiger partial charge in [-0.15, -0.1) is 0 Å². The van der Waals surface area contributed by atoms with Crippen molar-refractivity contribution in [3.8, 4) is 0 Å². The number of hydrogen-bond acceptors (Lipinski definition) is 1. The standard InChI is InChI=1S/C9H18O.C2H6/c1-8(2)6-9-4-3-5-10-7-9;1-2/h8-9H,3-7H2,1-2H3;1-2H3. The van der Waals surface area contributed by atoms with Gasteiger partial charge in [0.15, 0.2) is 0 Å². The van der Waals surface area contributed by atoms with Gasteiger partial charge in [0, 0.05) is 13.2 Å². The third-order valence-electron chi connectivity index (χ3n) is 2.06. The summed E-state index contributed by atoms with van der Waals surface area (Å²) in [5.74, 6) is 1.69. The number of ether oxygens (including phenoxy) is 1. The van der Waals surface area contributed by atoms with Crippen LogP contribution in [0.15, 0.2) is 0 Å². The van der Waals surface area contributed by atoms with Crippen LogP contribution in [0.2, 0.25) is 0 Å². The molecule has 0 aromatic carbocycles. The van der Waals surface area contributed by atoms with E-state index >= 15 is 0 Å². The molecule has 1 aliphatic heterocycles. The molecule has 0 aliphatic carbocycles. The second-order valence-electron chi connectivity index (χ2n) is 3.71. The lowest BCUT2D eigenvalue weighted by Crippen LogP contribution is -2.18. The molecule has 1 aliphatic rings. The topological polar surface area (TPSA) is 9.23 Å². The molecule has 0 amide bonds. The molecule has 0 aromatic heterocycles. The summed E-state index contributed by atoms with van der Waals surface area (Å²) < 4.78 is 5.38. The fraction of sp³-hybridized carbons (Fsp3) is 1.00. The summed E-state index contributed by atoms with van der Waals surface area (Å²) in [5.41, 5.74) is 0. The first-order valence-corrected chi connectivity index (χ1v) is 5.37. The molecule has 0 saturated carbocycles. The molecule has 0 spiro atoms. The van der Waals surface area contributed by atoms with Gasteiger partial charge in [0.1, 0.15) is 0 Å². The lowest BCUT2D eigenvalue weighted by atomic mass is 9.92. The van der Waals surface area contributed by atoms with E-state index in [1.54, 1.807) is 0 Å². The van der Waals surface area contributed by atoms with E-state index < -0.39 is 0 Å². The molecule has 0 bridgehead atoms. The van der Waals surface area contributed by atoms with Gasteiger partial charge in [-0.05, 0) is 31.1 Å². The molecule has 1 heteroatoms. The first-order valence-electron chi connectivity index (χ1n) is 5.37. The molecular formula is C11H24O. The van der Waals surface area contributed by atoms with Crippen LogP contribution >= 0.6 is 0 Å². The Kier molecular flexibility index (Phi) is 7.58. The highest BCUT2D eigenvalue weighted by atomic mass is 16.5. The fourth-order valence-corrected chi connectivity index (χ4v) is 1.66. The first kappa shape index (κ1) is 12.0. The van der Waals surface area contributed by atoms with Crippen molar-refractivity contribution in [3.63, 3.8) is 0 Å². The van der Waals surface area contributed by atoms with Crippen LogP contribution in [0, 0.1) is 11.8 Å². The first-order chi connectivity index (χ1) is 5.79. The maximum atomic E-state index is 5.38. The summed E-state index contributed by atoms with van der Waals surface area (Å²) in [6.45, 7) is 10.6. The quantitative estimate of drug-likeness (QED) is 0.619. The summed E-state index contributed by atoms with van der Waals surface area (Å²) >= 11 is 0. The van der Waals surface area contributed by atoms with Gasteiger partial charge in [0.25, 0.3) is 0 Å². The monoisotopic (exact) mass is 172 g/mol. The van der Waals surface area contributed by atoms with Gasteiger partial charge < -0.3 is 4.74 Å². The van der Waals surface area contributed by atoms with Crippen molar-refractivity contribution in [2.24, 2.45) is 11.8 Å². The Hall–Kier alpha value is -0.0400. The molecule has 1 unspecified atom stereocenters. The zero-order valence-corrected chi connectivity index (χ0v) is 9.10. The summed E-state index contributed by atoms with van der Waals surface area (Å²) in [4.78, 5) is 0. The van der Waals surface area contributed by atoms with Gasteiger partial charge in [-0.3, -0.25) is 0 Å². The van der Waals surface area contributed by atoms with Gasteiger partial charge >= 0.3 is 0 Å². The van der Waals surface area contributed by atoms with Gasteiger partial charge in [-0.25, -0.2) is 0 Å². The van der Waals surface area contributed by atoms with E-state index in [-0.39, 0.29) is 0 Å². The normalized spacial score (nSPS) is 23.2.